The summed E-state index contributed by atoms with van der Waals surface area (Å²) in [4.78, 5) is 25.6. The molecule has 2 aliphatic rings. The highest BCUT2D eigenvalue weighted by Crippen LogP contribution is 2.35. The highest BCUT2D eigenvalue weighted by atomic mass is 16.5. The van der Waals surface area contributed by atoms with E-state index < -0.39 is 11.9 Å². The van der Waals surface area contributed by atoms with Gasteiger partial charge in [0.05, 0.1) is 7.11 Å². The second-order valence-electron chi connectivity index (χ2n) is 5.43. The normalized spacial score (nSPS) is 19.0. The third kappa shape index (κ3) is 2.75. The zero-order valence-electron chi connectivity index (χ0n) is 12.7. The van der Waals surface area contributed by atoms with Crippen LogP contribution in [0.5, 0.6) is 11.5 Å². The van der Waals surface area contributed by atoms with Crippen LogP contribution >= 0.6 is 0 Å². The fourth-order valence-corrected chi connectivity index (χ4v) is 2.80. The van der Waals surface area contributed by atoms with Crippen LogP contribution in [-0.4, -0.2) is 48.2 Å². The van der Waals surface area contributed by atoms with Crippen LogP contribution < -0.4 is 15.0 Å². The Morgan fingerprint density at radius 3 is 2.87 bits per heavy atom. The first-order valence-electron chi connectivity index (χ1n) is 7.39. The van der Waals surface area contributed by atoms with E-state index in [9.17, 15) is 9.59 Å². The molecule has 0 aliphatic carbocycles. The fourth-order valence-electron chi connectivity index (χ4n) is 2.80. The Labute approximate surface area is 133 Å². The van der Waals surface area contributed by atoms with Gasteiger partial charge in [-0.05, 0) is 25.0 Å². The van der Waals surface area contributed by atoms with Gasteiger partial charge in [-0.25, -0.2) is 5.48 Å². The van der Waals surface area contributed by atoms with E-state index in [4.69, 9.17) is 14.7 Å². The number of carbonyl (C=O) groups excluding carboxylic acids is 2. The minimum Gasteiger partial charge on any atom is -0.493 e. The van der Waals surface area contributed by atoms with Gasteiger partial charge >= 0.3 is 0 Å². The highest BCUT2D eigenvalue weighted by Gasteiger charge is 2.38. The van der Waals surface area contributed by atoms with Crippen molar-refractivity contribution in [2.24, 2.45) is 0 Å². The first kappa shape index (κ1) is 15.4. The lowest BCUT2D eigenvalue weighted by molar-refractivity contribution is -0.137. The molecule has 1 aromatic carbocycles. The quantitative estimate of drug-likeness (QED) is 0.491. The number of hydrogen-bond acceptors (Lipinski definition) is 5. The molecule has 2 aliphatic heterocycles. The average Bonchev–Trinajstić information content (AvgIpc) is 2.77. The molecule has 2 amide bonds. The highest BCUT2D eigenvalue weighted by molar-refractivity contribution is 5.99. The lowest BCUT2D eigenvalue weighted by Gasteiger charge is -2.39. The maximum Gasteiger partial charge on any atom is 0.266 e. The van der Waals surface area contributed by atoms with Crippen molar-refractivity contribution in [3.05, 3.63) is 35.4 Å². The predicted molar refractivity (Wildman–Crippen MR) is 80.7 cm³/mol. The molecule has 3 rings (SSSR count). The summed E-state index contributed by atoms with van der Waals surface area (Å²) in [6.45, 7) is 0.939. The van der Waals surface area contributed by atoms with E-state index in [2.05, 4.69) is 0 Å². The number of amides is 2. The van der Waals surface area contributed by atoms with Gasteiger partial charge in [-0.2, -0.15) is 0 Å². The zero-order valence-corrected chi connectivity index (χ0v) is 12.7. The van der Waals surface area contributed by atoms with Crippen LogP contribution in [-0.2, 0) is 11.2 Å². The molecule has 0 unspecified atom stereocenters. The van der Waals surface area contributed by atoms with Crippen LogP contribution in [0.4, 0.5) is 0 Å². The molecule has 2 N–H and O–H groups in total. The number of allylic oxidation sites excluding steroid dienone is 1. The van der Waals surface area contributed by atoms with Crippen molar-refractivity contribution in [2.75, 3.05) is 20.3 Å². The second-order valence-corrected chi connectivity index (χ2v) is 5.43. The third-order valence-corrected chi connectivity index (χ3v) is 4.12. The van der Waals surface area contributed by atoms with Gasteiger partial charge in [0.15, 0.2) is 11.5 Å². The minimum absolute atomic E-state index is 0.265. The predicted octanol–water partition coefficient (Wildman–Crippen LogP) is 0.906. The number of likely N-dealkylation sites (tertiary alicyclic amines) is 1. The van der Waals surface area contributed by atoms with Gasteiger partial charge in [0.25, 0.3) is 11.8 Å². The van der Waals surface area contributed by atoms with Crippen LogP contribution in [0, 0.1) is 0 Å². The lowest BCUT2D eigenvalue weighted by Crippen LogP contribution is -2.57. The summed E-state index contributed by atoms with van der Waals surface area (Å²) < 4.78 is 11.0. The first-order valence-corrected chi connectivity index (χ1v) is 7.39. The van der Waals surface area contributed by atoms with Gasteiger partial charge in [0, 0.05) is 17.7 Å². The number of hydroxylamine groups is 1. The van der Waals surface area contributed by atoms with Crippen LogP contribution in [0.2, 0.25) is 0 Å². The number of nitrogens with zero attached hydrogens (tertiary/aromatic N) is 1. The molecule has 0 aromatic heterocycles. The number of rotatable bonds is 3. The average molecular weight is 318 g/mol. The van der Waals surface area contributed by atoms with E-state index in [-0.39, 0.29) is 5.91 Å². The summed E-state index contributed by atoms with van der Waals surface area (Å²) >= 11 is 0. The molecule has 23 heavy (non-hydrogen) atoms. The molecule has 0 bridgehead atoms. The fraction of sp³-hybridized carbons (Fsp3) is 0.375. The summed E-state index contributed by atoms with van der Waals surface area (Å²) in [5, 5.41) is 8.73. The largest absolute Gasteiger partial charge is 0.493 e. The molecule has 2 heterocycles. The van der Waals surface area contributed by atoms with Gasteiger partial charge in [0.2, 0.25) is 0 Å². The smallest absolute Gasteiger partial charge is 0.266 e. The van der Waals surface area contributed by atoms with Crippen molar-refractivity contribution in [3.63, 3.8) is 0 Å². The van der Waals surface area contributed by atoms with Crippen molar-refractivity contribution < 1.29 is 24.3 Å². The lowest BCUT2D eigenvalue weighted by atomic mass is 9.98. The van der Waals surface area contributed by atoms with Crippen LogP contribution in [0.1, 0.15) is 22.3 Å². The van der Waals surface area contributed by atoms with E-state index >= 15 is 0 Å². The molecule has 0 radical (unpaired) electrons. The number of methoxy groups -OCH3 is 1. The van der Waals surface area contributed by atoms with Crippen molar-refractivity contribution in [2.45, 2.75) is 18.9 Å². The number of hydrogen-bond donors (Lipinski definition) is 2. The molecule has 7 nitrogen and oxygen atoms in total. The first-order chi connectivity index (χ1) is 11.2. The molecule has 0 saturated carbocycles. The number of fused-ring (bicyclic) bond motifs is 1. The van der Waals surface area contributed by atoms with Crippen molar-refractivity contribution in [3.8, 4) is 11.5 Å². The summed E-state index contributed by atoms with van der Waals surface area (Å²) in [6.07, 6.45) is 5.07. The Morgan fingerprint density at radius 2 is 2.22 bits per heavy atom. The maximum atomic E-state index is 12.6. The molecule has 1 aromatic rings. The molecular formula is C16H18N2O5. The Bertz CT molecular complexity index is 671. The molecule has 1 fully saturated rings. The molecule has 1 saturated heterocycles. The number of nitrogens with one attached hydrogen (secondary N) is 1. The van der Waals surface area contributed by atoms with E-state index in [1.54, 1.807) is 17.6 Å². The Balaban J connectivity index is 1.91. The van der Waals surface area contributed by atoms with Crippen LogP contribution in [0.15, 0.2) is 24.3 Å². The van der Waals surface area contributed by atoms with Crippen molar-refractivity contribution in [1.82, 2.24) is 10.4 Å². The monoisotopic (exact) mass is 318 g/mol. The van der Waals surface area contributed by atoms with E-state index in [0.29, 0.717) is 43.1 Å². The Morgan fingerprint density at radius 1 is 1.39 bits per heavy atom. The van der Waals surface area contributed by atoms with Gasteiger partial charge < -0.3 is 14.4 Å². The second kappa shape index (κ2) is 6.29. The molecule has 1 atom stereocenters. The summed E-state index contributed by atoms with van der Waals surface area (Å²) in [7, 11) is 1.52. The Hall–Kier alpha value is -2.54. The summed E-state index contributed by atoms with van der Waals surface area (Å²) in [6, 6.07) is 2.76. The van der Waals surface area contributed by atoms with Gasteiger partial charge in [-0.3, -0.25) is 14.8 Å². The number of benzene rings is 1. The SMILES string of the molecule is COc1cc(C(=O)N2CC[C@@H]2C(=O)NO)cc2c1OCC=CC2. The van der Waals surface area contributed by atoms with Crippen molar-refractivity contribution in [1.29, 1.82) is 0 Å². The summed E-state index contributed by atoms with van der Waals surface area (Å²) in [5.41, 5.74) is 2.90. The third-order valence-electron chi connectivity index (χ3n) is 4.12. The van der Waals surface area contributed by atoms with Crippen LogP contribution in [0.3, 0.4) is 0 Å². The van der Waals surface area contributed by atoms with E-state index in [0.717, 1.165) is 5.56 Å². The van der Waals surface area contributed by atoms with Gasteiger partial charge in [-0.15, -0.1) is 0 Å². The Kier molecular flexibility index (Phi) is 4.20. The van der Waals surface area contributed by atoms with E-state index in [1.807, 2.05) is 12.2 Å². The molecule has 122 valence electrons. The van der Waals surface area contributed by atoms with E-state index in [1.165, 1.54) is 12.0 Å². The number of carbonyl (C=O) groups is 2. The molecular weight excluding hydrogens is 300 g/mol. The zero-order chi connectivity index (χ0) is 16.4. The maximum absolute atomic E-state index is 12.6. The topological polar surface area (TPSA) is 88.1 Å². The standard InChI is InChI=1S/C16H18N2O5/c1-22-13-9-11(8-10-4-2-3-7-23-14(10)13)16(20)18-6-5-12(18)15(19)17-21/h2-3,8-9,12,21H,4-7H2,1H3,(H,17,19)/t12-/m1/s1. The minimum atomic E-state index is -0.631. The van der Waals surface area contributed by atoms with Crippen LogP contribution in [0.25, 0.3) is 0 Å². The van der Waals surface area contributed by atoms with Gasteiger partial charge in [0.1, 0.15) is 12.6 Å². The number of ether oxygens (including phenoxy) is 2. The molecule has 7 heteroatoms. The van der Waals surface area contributed by atoms with Crippen molar-refractivity contribution >= 4 is 11.8 Å². The van der Waals surface area contributed by atoms with Gasteiger partial charge in [-0.1, -0.05) is 12.2 Å². The summed E-state index contributed by atoms with van der Waals surface area (Å²) in [5.74, 6) is 0.303. The molecule has 0 spiro atoms.